The first kappa shape index (κ1) is 33.2. The maximum Gasteiger partial charge on any atom is 0.336 e. The monoisotopic (exact) mass is 615 g/mol. The Balaban J connectivity index is 1.33. The molecule has 1 heterocycles. The Morgan fingerprint density at radius 3 is 2.29 bits per heavy atom. The number of aromatic carboxylic acids is 1. The van der Waals surface area contributed by atoms with Crippen LogP contribution in [0.2, 0.25) is 0 Å². The molecule has 0 radical (unpaired) electrons. The van der Waals surface area contributed by atoms with E-state index < -0.39 is 5.97 Å². The summed E-state index contributed by atoms with van der Waals surface area (Å²) in [5.74, 6) is 1.57. The van der Waals surface area contributed by atoms with Gasteiger partial charge in [-0.3, -0.25) is 9.79 Å². The van der Waals surface area contributed by atoms with Gasteiger partial charge in [0.25, 0.3) is 0 Å². The van der Waals surface area contributed by atoms with E-state index in [4.69, 9.17) is 35.5 Å². The summed E-state index contributed by atoms with van der Waals surface area (Å²) in [4.78, 5) is 29.3. The smallest absolute Gasteiger partial charge is 0.336 e. The molecular weight excluding hydrogens is 578 g/mol. The summed E-state index contributed by atoms with van der Waals surface area (Å²) in [6, 6.07) is 15.8. The number of carboxylic acid groups (broad SMARTS) is 1. The highest BCUT2D eigenvalue weighted by Gasteiger charge is 2.22. The Labute approximate surface area is 261 Å². The van der Waals surface area contributed by atoms with Crippen LogP contribution in [0.3, 0.4) is 0 Å². The van der Waals surface area contributed by atoms with Crippen LogP contribution >= 0.6 is 0 Å². The van der Waals surface area contributed by atoms with Gasteiger partial charge >= 0.3 is 5.97 Å². The molecule has 0 spiro atoms. The highest BCUT2D eigenvalue weighted by molar-refractivity contribution is 6.08. The zero-order chi connectivity index (χ0) is 32.0. The summed E-state index contributed by atoms with van der Waals surface area (Å²) < 4.78 is 27.5. The third-order valence-corrected chi connectivity index (χ3v) is 6.81. The molecular formula is C34H37N3O8. The Morgan fingerprint density at radius 2 is 1.60 bits per heavy atom. The van der Waals surface area contributed by atoms with Gasteiger partial charge in [0.2, 0.25) is 5.91 Å². The van der Waals surface area contributed by atoms with Crippen LogP contribution in [0.15, 0.2) is 64.0 Å². The largest absolute Gasteiger partial charge is 0.478 e. The fraction of sp³-hybridized carbons (Fsp3) is 0.324. The third-order valence-electron chi connectivity index (χ3n) is 6.81. The summed E-state index contributed by atoms with van der Waals surface area (Å²) in [5.41, 5.74) is 9.63. The van der Waals surface area contributed by atoms with Gasteiger partial charge in [0.15, 0.2) is 0 Å². The van der Waals surface area contributed by atoms with Crippen molar-refractivity contribution in [2.75, 3.05) is 72.2 Å². The molecule has 0 bridgehead atoms. The molecule has 1 amide bonds. The van der Waals surface area contributed by atoms with Crippen LogP contribution < -0.4 is 16.4 Å². The van der Waals surface area contributed by atoms with Crippen LogP contribution in [0.4, 0.5) is 5.69 Å². The van der Waals surface area contributed by atoms with Crippen LogP contribution in [-0.2, 0) is 30.2 Å². The number of ether oxygens (including phenoxy) is 4. The first-order valence-electron chi connectivity index (χ1n) is 14.5. The molecule has 0 fully saturated rings. The Kier molecular flexibility index (Phi) is 12.5. The maximum atomic E-state index is 12.6. The molecule has 11 nitrogen and oxygen atoms in total. The average Bonchev–Trinajstić information content (AvgIpc) is 3.03. The molecule has 0 atom stereocenters. The second-order valence-corrected chi connectivity index (χ2v) is 9.94. The van der Waals surface area contributed by atoms with E-state index in [1.54, 1.807) is 37.4 Å². The molecule has 1 aliphatic heterocycles. The average molecular weight is 616 g/mol. The lowest BCUT2D eigenvalue weighted by Gasteiger charge is -2.17. The molecule has 4 rings (SSSR count). The van der Waals surface area contributed by atoms with Crippen LogP contribution in [0.1, 0.15) is 15.9 Å². The quantitative estimate of drug-likeness (QED) is 0.0702. The Hall–Kier alpha value is -4.73. The predicted molar refractivity (Wildman–Crippen MR) is 170 cm³/mol. The number of terminal acetylenes is 1. The van der Waals surface area contributed by atoms with Crippen LogP contribution in [0, 0.1) is 12.3 Å². The van der Waals surface area contributed by atoms with Gasteiger partial charge in [-0.05, 0) is 41.5 Å². The lowest BCUT2D eigenvalue weighted by molar-refractivity contribution is -0.120. The molecule has 45 heavy (non-hydrogen) atoms. The van der Waals surface area contributed by atoms with Gasteiger partial charge in [-0.25, -0.2) is 4.79 Å². The first-order valence-corrected chi connectivity index (χ1v) is 14.5. The molecule has 11 heteroatoms. The number of fused-ring (bicyclic) bond motifs is 2. The van der Waals surface area contributed by atoms with Gasteiger partial charge in [-0.1, -0.05) is 18.1 Å². The predicted octanol–water partition coefficient (Wildman–Crippen LogP) is 3.37. The van der Waals surface area contributed by atoms with Crippen molar-refractivity contribution in [3.05, 3.63) is 71.1 Å². The highest BCUT2D eigenvalue weighted by atomic mass is 16.6. The fourth-order valence-corrected chi connectivity index (χ4v) is 4.72. The van der Waals surface area contributed by atoms with Crippen molar-refractivity contribution in [1.29, 1.82) is 0 Å². The number of anilines is 1. The number of nitrogens with one attached hydrogen (secondary N) is 1. The zero-order valence-corrected chi connectivity index (χ0v) is 25.2. The van der Waals surface area contributed by atoms with Crippen LogP contribution in [-0.4, -0.2) is 83.4 Å². The summed E-state index contributed by atoms with van der Waals surface area (Å²) >= 11 is 0. The number of hydrogen-bond donors (Lipinski definition) is 3. The minimum atomic E-state index is -1.11. The third kappa shape index (κ3) is 9.38. The molecule has 2 aromatic rings. The second kappa shape index (κ2) is 16.9. The van der Waals surface area contributed by atoms with Gasteiger partial charge in [0, 0.05) is 47.9 Å². The number of rotatable bonds is 17. The lowest BCUT2D eigenvalue weighted by Crippen LogP contribution is -2.29. The highest BCUT2D eigenvalue weighted by Crippen LogP contribution is 2.41. The van der Waals surface area contributed by atoms with Gasteiger partial charge in [-0.15, -0.1) is 6.42 Å². The van der Waals surface area contributed by atoms with Crippen molar-refractivity contribution in [2.24, 2.45) is 4.99 Å². The van der Waals surface area contributed by atoms with Gasteiger partial charge < -0.3 is 39.5 Å². The van der Waals surface area contributed by atoms with Crippen molar-refractivity contribution in [3.8, 4) is 34.8 Å². The number of benzene rings is 3. The topological polar surface area (TPSA) is 155 Å². The maximum absolute atomic E-state index is 12.6. The molecule has 0 unspecified atom stereocenters. The SMILES string of the molecule is C#CCOCCOCCOCCOCCNC(=O)Cc1ccc(-c2c3ccc(=NC)cc-3oc3cc(N)ccc23)c(C(=O)O)c1. The number of carbonyl (C=O) groups is 2. The summed E-state index contributed by atoms with van der Waals surface area (Å²) in [7, 11) is 1.68. The van der Waals surface area contributed by atoms with E-state index in [0.717, 1.165) is 10.9 Å². The number of nitrogens with zero attached hydrogens (tertiary/aromatic N) is 1. The van der Waals surface area contributed by atoms with Crippen molar-refractivity contribution >= 4 is 28.5 Å². The summed E-state index contributed by atoms with van der Waals surface area (Å²) in [6.07, 6.45) is 5.11. The molecule has 236 valence electrons. The molecule has 2 aliphatic rings. The van der Waals surface area contributed by atoms with Crippen molar-refractivity contribution < 1.29 is 38.1 Å². The number of carbonyl (C=O) groups excluding carboxylic acids is 1. The number of hydrogen-bond acceptors (Lipinski definition) is 9. The van der Waals surface area contributed by atoms with Crippen LogP contribution in [0.5, 0.6) is 0 Å². The van der Waals surface area contributed by atoms with E-state index in [1.165, 1.54) is 6.07 Å². The van der Waals surface area contributed by atoms with E-state index in [9.17, 15) is 14.7 Å². The van der Waals surface area contributed by atoms with E-state index in [0.29, 0.717) is 91.9 Å². The normalized spacial score (nSPS) is 11.6. The molecule has 0 aromatic heterocycles. The van der Waals surface area contributed by atoms with Gasteiger partial charge in [-0.2, -0.15) is 0 Å². The first-order chi connectivity index (χ1) is 21.9. The zero-order valence-electron chi connectivity index (χ0n) is 25.2. The van der Waals surface area contributed by atoms with Crippen molar-refractivity contribution in [1.82, 2.24) is 5.32 Å². The van der Waals surface area contributed by atoms with E-state index in [-0.39, 0.29) is 24.5 Å². The van der Waals surface area contributed by atoms with Gasteiger partial charge in [0.1, 0.15) is 18.0 Å². The van der Waals surface area contributed by atoms with Crippen LogP contribution in [0.25, 0.3) is 33.4 Å². The Bertz CT molecular complexity index is 1690. The van der Waals surface area contributed by atoms with Crippen molar-refractivity contribution in [2.45, 2.75) is 6.42 Å². The number of amides is 1. The summed E-state index contributed by atoms with van der Waals surface area (Å²) in [5, 5.41) is 14.4. The second-order valence-electron chi connectivity index (χ2n) is 9.94. The Morgan fingerprint density at radius 1 is 0.911 bits per heavy atom. The summed E-state index contributed by atoms with van der Waals surface area (Å²) in [6.45, 7) is 3.44. The molecule has 0 saturated heterocycles. The molecule has 4 N–H and O–H groups in total. The number of carboxylic acids is 1. The minimum absolute atomic E-state index is 0.0148. The van der Waals surface area contributed by atoms with Gasteiger partial charge in [0.05, 0.1) is 63.6 Å². The number of nitrogens with two attached hydrogens (primary N) is 1. The number of nitrogen functional groups attached to an aromatic ring is 1. The van der Waals surface area contributed by atoms with E-state index >= 15 is 0 Å². The molecule has 1 aliphatic carbocycles. The molecule has 2 aromatic carbocycles. The lowest BCUT2D eigenvalue weighted by atomic mass is 9.89. The standard InChI is InChI=1S/C34H37N3O8/c1-3-11-41-13-15-43-17-18-44-16-14-42-12-10-37-32(38)20-23-4-7-26(29(19-23)34(39)40)33-27-8-5-24(35)21-30(27)45-31-22-25(36-2)6-9-28(31)33/h1,4-9,19,21-22H,10-18,20,35H2,2H3,(H,37,38)(H,39,40). The molecule has 0 saturated carbocycles. The van der Waals surface area contributed by atoms with E-state index in [1.807, 2.05) is 18.2 Å². The minimum Gasteiger partial charge on any atom is -0.478 e. The van der Waals surface area contributed by atoms with E-state index in [2.05, 4.69) is 16.2 Å². The van der Waals surface area contributed by atoms with Crippen molar-refractivity contribution in [3.63, 3.8) is 0 Å². The fourth-order valence-electron chi connectivity index (χ4n) is 4.72.